The average Bonchev–Trinajstić information content (AvgIpc) is 2.55. The fourth-order valence-corrected chi connectivity index (χ4v) is 2.68. The van der Waals surface area contributed by atoms with Gasteiger partial charge in [0.25, 0.3) is 0 Å². The summed E-state index contributed by atoms with van der Waals surface area (Å²) in [6, 6.07) is 4.34. The molecular weight excluding hydrogens is 154 g/mol. The van der Waals surface area contributed by atoms with E-state index in [-0.39, 0.29) is 0 Å². The standard InChI is InChI=1S/C9H13NS/c1-9(5-7(9)6-10)8-3-2-4-11-8/h2-4,7H,5-6,10H2,1H3/t7-,9-/m1/s1. The van der Waals surface area contributed by atoms with Crippen LogP contribution in [0.25, 0.3) is 0 Å². The van der Waals surface area contributed by atoms with E-state index in [0.717, 1.165) is 12.5 Å². The van der Waals surface area contributed by atoms with Gasteiger partial charge in [-0.2, -0.15) is 0 Å². The minimum absolute atomic E-state index is 0.433. The number of nitrogens with two attached hydrogens (primary N) is 1. The van der Waals surface area contributed by atoms with Crippen molar-refractivity contribution in [3.8, 4) is 0 Å². The minimum atomic E-state index is 0.433. The van der Waals surface area contributed by atoms with Crippen LogP contribution in [0.5, 0.6) is 0 Å². The molecule has 1 aliphatic rings. The third kappa shape index (κ3) is 1.01. The molecule has 0 amide bonds. The fourth-order valence-electron chi connectivity index (χ4n) is 1.70. The lowest BCUT2D eigenvalue weighted by molar-refractivity contribution is 0.678. The van der Waals surface area contributed by atoms with Gasteiger partial charge in [-0.05, 0) is 30.3 Å². The van der Waals surface area contributed by atoms with E-state index < -0.39 is 0 Å². The van der Waals surface area contributed by atoms with Crippen molar-refractivity contribution >= 4 is 11.3 Å². The van der Waals surface area contributed by atoms with Crippen molar-refractivity contribution in [2.24, 2.45) is 11.7 Å². The van der Waals surface area contributed by atoms with Gasteiger partial charge in [-0.25, -0.2) is 0 Å². The summed E-state index contributed by atoms with van der Waals surface area (Å²) in [6.45, 7) is 3.16. The van der Waals surface area contributed by atoms with E-state index in [2.05, 4.69) is 24.4 Å². The SMILES string of the molecule is C[C@@]1(c2cccs2)C[C@@H]1CN. The molecule has 0 saturated heterocycles. The second kappa shape index (κ2) is 2.32. The Morgan fingerprint density at radius 2 is 2.64 bits per heavy atom. The van der Waals surface area contributed by atoms with Crippen molar-refractivity contribution in [1.82, 2.24) is 0 Å². The molecule has 1 saturated carbocycles. The first kappa shape index (κ1) is 7.32. The fraction of sp³-hybridized carbons (Fsp3) is 0.556. The lowest BCUT2D eigenvalue weighted by atomic mass is 10.1. The summed E-state index contributed by atoms with van der Waals surface area (Å²) < 4.78 is 0. The molecule has 1 nitrogen and oxygen atoms in total. The molecule has 1 heterocycles. The van der Waals surface area contributed by atoms with E-state index in [1.54, 1.807) is 0 Å². The molecule has 2 N–H and O–H groups in total. The van der Waals surface area contributed by atoms with Crippen molar-refractivity contribution in [3.63, 3.8) is 0 Å². The lowest BCUT2D eigenvalue weighted by Gasteiger charge is -2.06. The molecule has 11 heavy (non-hydrogen) atoms. The Labute approximate surface area is 71.2 Å². The third-order valence-electron chi connectivity index (χ3n) is 2.78. The molecule has 2 heteroatoms. The second-order valence-electron chi connectivity index (χ2n) is 3.53. The zero-order valence-corrected chi connectivity index (χ0v) is 7.53. The summed E-state index contributed by atoms with van der Waals surface area (Å²) in [5.74, 6) is 0.737. The van der Waals surface area contributed by atoms with Gasteiger partial charge in [0.05, 0.1) is 0 Å². The molecule has 1 aromatic heterocycles. The Hall–Kier alpha value is -0.340. The van der Waals surface area contributed by atoms with Gasteiger partial charge in [-0.3, -0.25) is 0 Å². The van der Waals surface area contributed by atoms with Crippen molar-refractivity contribution in [2.75, 3.05) is 6.54 Å². The summed E-state index contributed by atoms with van der Waals surface area (Å²) in [5.41, 5.74) is 6.05. The van der Waals surface area contributed by atoms with E-state index in [1.165, 1.54) is 11.3 Å². The van der Waals surface area contributed by atoms with Crippen molar-refractivity contribution in [3.05, 3.63) is 22.4 Å². The lowest BCUT2D eigenvalue weighted by Crippen LogP contribution is -2.10. The van der Waals surface area contributed by atoms with Crippen molar-refractivity contribution in [1.29, 1.82) is 0 Å². The topological polar surface area (TPSA) is 26.0 Å². The first-order valence-electron chi connectivity index (χ1n) is 4.01. The van der Waals surface area contributed by atoms with Crippen LogP contribution in [0.4, 0.5) is 0 Å². The molecule has 1 aliphatic carbocycles. The second-order valence-corrected chi connectivity index (χ2v) is 4.48. The Kier molecular flexibility index (Phi) is 1.55. The predicted molar refractivity (Wildman–Crippen MR) is 48.8 cm³/mol. The molecule has 1 fully saturated rings. The highest BCUT2D eigenvalue weighted by molar-refractivity contribution is 7.10. The van der Waals surface area contributed by atoms with Gasteiger partial charge in [-0.15, -0.1) is 11.3 Å². The van der Waals surface area contributed by atoms with E-state index in [1.807, 2.05) is 11.3 Å². The smallest absolute Gasteiger partial charge is 0.0108 e. The van der Waals surface area contributed by atoms with Gasteiger partial charge >= 0.3 is 0 Å². The molecular formula is C9H13NS. The summed E-state index contributed by atoms with van der Waals surface area (Å²) in [6.07, 6.45) is 1.28. The largest absolute Gasteiger partial charge is 0.330 e. The van der Waals surface area contributed by atoms with E-state index in [4.69, 9.17) is 5.73 Å². The predicted octanol–water partition coefficient (Wildman–Crippen LogP) is 1.98. The molecule has 2 rings (SSSR count). The maximum Gasteiger partial charge on any atom is 0.0108 e. The first-order valence-corrected chi connectivity index (χ1v) is 4.89. The number of hydrogen-bond acceptors (Lipinski definition) is 2. The normalized spacial score (nSPS) is 35.6. The number of hydrogen-bond donors (Lipinski definition) is 1. The molecule has 0 spiro atoms. The number of thiophene rings is 1. The molecule has 1 aromatic rings. The van der Waals surface area contributed by atoms with Crippen LogP contribution >= 0.6 is 11.3 Å². The highest BCUT2D eigenvalue weighted by atomic mass is 32.1. The van der Waals surface area contributed by atoms with Gasteiger partial charge in [0.2, 0.25) is 0 Å². The van der Waals surface area contributed by atoms with Crippen LogP contribution in [-0.4, -0.2) is 6.54 Å². The Bertz CT molecular complexity index is 242. The molecule has 0 aromatic carbocycles. The maximum absolute atomic E-state index is 5.62. The van der Waals surface area contributed by atoms with E-state index in [9.17, 15) is 0 Å². The molecule has 0 radical (unpaired) electrons. The summed E-state index contributed by atoms with van der Waals surface area (Å²) in [5, 5.41) is 2.15. The Morgan fingerprint density at radius 1 is 1.82 bits per heavy atom. The molecule has 0 unspecified atom stereocenters. The molecule has 60 valence electrons. The van der Waals surface area contributed by atoms with Crippen molar-refractivity contribution in [2.45, 2.75) is 18.8 Å². The van der Waals surface area contributed by atoms with Gasteiger partial charge in [-0.1, -0.05) is 13.0 Å². The van der Waals surface area contributed by atoms with Crippen LogP contribution in [0.3, 0.4) is 0 Å². The zero-order chi connectivity index (χ0) is 7.90. The molecule has 2 atom stereocenters. The van der Waals surface area contributed by atoms with Gasteiger partial charge < -0.3 is 5.73 Å². The quantitative estimate of drug-likeness (QED) is 0.716. The van der Waals surface area contributed by atoms with Crippen LogP contribution in [0.1, 0.15) is 18.2 Å². The van der Waals surface area contributed by atoms with E-state index >= 15 is 0 Å². The zero-order valence-electron chi connectivity index (χ0n) is 6.71. The van der Waals surface area contributed by atoms with E-state index in [0.29, 0.717) is 5.41 Å². The van der Waals surface area contributed by atoms with Crippen LogP contribution in [0.2, 0.25) is 0 Å². The summed E-state index contributed by atoms with van der Waals surface area (Å²) >= 11 is 1.86. The Balaban J connectivity index is 2.19. The highest BCUT2D eigenvalue weighted by Gasteiger charge is 2.50. The minimum Gasteiger partial charge on any atom is -0.330 e. The highest BCUT2D eigenvalue weighted by Crippen LogP contribution is 2.54. The van der Waals surface area contributed by atoms with Crippen LogP contribution in [-0.2, 0) is 5.41 Å². The Morgan fingerprint density at radius 3 is 3.09 bits per heavy atom. The molecule has 0 bridgehead atoms. The monoisotopic (exact) mass is 167 g/mol. The maximum atomic E-state index is 5.62. The summed E-state index contributed by atoms with van der Waals surface area (Å²) in [7, 11) is 0. The van der Waals surface area contributed by atoms with Crippen molar-refractivity contribution < 1.29 is 0 Å². The average molecular weight is 167 g/mol. The molecule has 0 aliphatic heterocycles. The van der Waals surface area contributed by atoms with Crippen LogP contribution in [0, 0.1) is 5.92 Å². The van der Waals surface area contributed by atoms with Crippen LogP contribution in [0.15, 0.2) is 17.5 Å². The van der Waals surface area contributed by atoms with Gasteiger partial charge in [0.15, 0.2) is 0 Å². The van der Waals surface area contributed by atoms with Gasteiger partial charge in [0, 0.05) is 10.3 Å². The first-order chi connectivity index (χ1) is 5.27. The summed E-state index contributed by atoms with van der Waals surface area (Å²) in [4.78, 5) is 1.51. The number of rotatable bonds is 2. The third-order valence-corrected chi connectivity index (χ3v) is 3.93. The van der Waals surface area contributed by atoms with Crippen LogP contribution < -0.4 is 5.73 Å². The van der Waals surface area contributed by atoms with Gasteiger partial charge in [0.1, 0.15) is 0 Å².